The number of rotatable bonds is 16. The number of halogens is 2. The van der Waals surface area contributed by atoms with Crippen molar-refractivity contribution in [3.05, 3.63) is 130 Å². The molecule has 4 aromatic rings. The van der Waals surface area contributed by atoms with E-state index in [0.29, 0.717) is 34.6 Å². The smallest absolute Gasteiger partial charge is 0.240 e. The maximum Gasteiger partial charge on any atom is 0.240 e. The van der Waals surface area contributed by atoms with Gasteiger partial charge in [-0.2, -0.15) is 0 Å². The molecule has 14 heteroatoms. The summed E-state index contributed by atoms with van der Waals surface area (Å²) in [4.78, 5) is 39.4. The van der Waals surface area contributed by atoms with Gasteiger partial charge in [0, 0.05) is 42.2 Å². The first-order valence-electron chi connectivity index (χ1n) is 16.2. The maximum atomic E-state index is 14.0. The highest BCUT2D eigenvalue weighted by atomic mass is 35.5. The minimum absolute atomic E-state index is 0.167. The zero-order valence-electron chi connectivity index (χ0n) is 27.9. The molecule has 11 nitrogen and oxygen atoms in total. The molecule has 1 saturated heterocycles. The van der Waals surface area contributed by atoms with Crippen molar-refractivity contribution in [1.82, 2.24) is 15.5 Å². The lowest BCUT2D eigenvalue weighted by Gasteiger charge is -2.49. The lowest BCUT2D eigenvalue weighted by Crippen LogP contribution is -2.62. The van der Waals surface area contributed by atoms with E-state index in [4.69, 9.17) is 33.7 Å². The Balaban J connectivity index is 1.25. The number of nitrogens with zero attached hydrogens (tertiary/aromatic N) is 2. The van der Waals surface area contributed by atoms with Crippen LogP contribution in [0, 0.1) is 0 Å². The monoisotopic (exact) mass is 751 g/mol. The van der Waals surface area contributed by atoms with Crippen LogP contribution in [0.5, 0.6) is 5.75 Å². The largest absolute Gasteiger partial charge is 0.497 e. The van der Waals surface area contributed by atoms with Crippen LogP contribution < -0.4 is 25.4 Å². The van der Waals surface area contributed by atoms with E-state index in [9.17, 15) is 22.8 Å². The SMILES string of the molecule is COc1cccc(N(C2CN(C(c3ccc(Cl)cc3)c3ccc(Cl)cc3)C2)S(=O)(=O)CCNC(=O)CC(=O)NC(Cc2ccccc2)C(N)=O)c1. The Morgan fingerprint density at radius 2 is 1.49 bits per heavy atom. The third kappa shape index (κ3) is 10.0. The van der Waals surface area contributed by atoms with E-state index >= 15 is 0 Å². The second-order valence-electron chi connectivity index (χ2n) is 12.2. The zero-order valence-corrected chi connectivity index (χ0v) is 30.2. The van der Waals surface area contributed by atoms with Gasteiger partial charge in [0.1, 0.15) is 18.2 Å². The number of nitrogens with one attached hydrogen (secondary N) is 2. The molecule has 5 rings (SSSR count). The van der Waals surface area contributed by atoms with Gasteiger partial charge in [0.05, 0.1) is 30.6 Å². The minimum Gasteiger partial charge on any atom is -0.497 e. The molecule has 1 heterocycles. The van der Waals surface area contributed by atoms with Gasteiger partial charge in [0.2, 0.25) is 27.7 Å². The number of ether oxygens (including phenoxy) is 1. The van der Waals surface area contributed by atoms with Crippen molar-refractivity contribution in [2.75, 3.05) is 36.8 Å². The van der Waals surface area contributed by atoms with Crippen LogP contribution in [0.15, 0.2) is 103 Å². The number of likely N-dealkylation sites (tertiary alicyclic amines) is 1. The Labute approximate surface area is 307 Å². The second kappa shape index (κ2) is 17.1. The van der Waals surface area contributed by atoms with Gasteiger partial charge in [0.25, 0.3) is 0 Å². The summed E-state index contributed by atoms with van der Waals surface area (Å²) < 4.78 is 34.8. The molecule has 1 atom stereocenters. The van der Waals surface area contributed by atoms with Crippen molar-refractivity contribution in [3.63, 3.8) is 0 Å². The molecule has 0 saturated carbocycles. The minimum atomic E-state index is -4.00. The zero-order chi connectivity index (χ0) is 36.5. The fourth-order valence-corrected chi connectivity index (χ4v) is 7.87. The molecule has 0 radical (unpaired) electrons. The van der Waals surface area contributed by atoms with Crippen LogP contribution in [0.3, 0.4) is 0 Å². The normalized spacial score (nSPS) is 14.0. The van der Waals surface area contributed by atoms with E-state index in [1.54, 1.807) is 48.5 Å². The van der Waals surface area contributed by atoms with Gasteiger partial charge in [-0.3, -0.25) is 23.6 Å². The third-order valence-electron chi connectivity index (χ3n) is 8.53. The van der Waals surface area contributed by atoms with E-state index in [1.165, 1.54) is 11.4 Å². The summed E-state index contributed by atoms with van der Waals surface area (Å²) in [5, 5.41) is 6.24. The van der Waals surface area contributed by atoms with Crippen LogP contribution in [0.25, 0.3) is 0 Å². The molecule has 0 bridgehead atoms. The summed E-state index contributed by atoms with van der Waals surface area (Å²) in [6, 6.07) is 29.3. The molecule has 4 aromatic carbocycles. The van der Waals surface area contributed by atoms with Gasteiger partial charge < -0.3 is 21.1 Å². The Morgan fingerprint density at radius 1 is 0.882 bits per heavy atom. The molecule has 51 heavy (non-hydrogen) atoms. The van der Waals surface area contributed by atoms with E-state index in [-0.39, 0.29) is 19.0 Å². The van der Waals surface area contributed by atoms with Gasteiger partial charge in [-0.25, -0.2) is 8.42 Å². The van der Waals surface area contributed by atoms with Gasteiger partial charge in [-0.05, 0) is 53.1 Å². The number of hydrogen-bond acceptors (Lipinski definition) is 7. The number of primary amides is 1. The molecule has 3 amide bonds. The number of amides is 3. The molecular weight excluding hydrogens is 713 g/mol. The second-order valence-corrected chi connectivity index (χ2v) is 15.0. The van der Waals surface area contributed by atoms with Crippen molar-refractivity contribution in [3.8, 4) is 5.75 Å². The van der Waals surface area contributed by atoms with Gasteiger partial charge in [-0.15, -0.1) is 0 Å². The molecular formula is C37H39Cl2N5O6S. The standard InChI is InChI=1S/C37H39Cl2N5O6S/c1-50-32-9-5-8-30(21-32)44(31-23-43(24-31)36(26-10-14-28(38)15-11-26)27-12-16-29(39)17-13-27)51(48,49)19-18-41-34(45)22-35(46)42-33(37(40)47)20-25-6-3-2-4-7-25/h2-17,21,31,33,36H,18-20,22-24H2,1H3,(H2,40,47)(H,41,45)(H,42,46). The number of nitrogens with two attached hydrogens (primary N) is 1. The van der Waals surface area contributed by atoms with E-state index in [1.807, 2.05) is 54.6 Å². The molecule has 1 unspecified atom stereocenters. The molecule has 0 aromatic heterocycles. The summed E-state index contributed by atoms with van der Waals surface area (Å²) >= 11 is 12.4. The number of sulfonamides is 1. The van der Waals surface area contributed by atoms with Crippen LogP contribution in [0.1, 0.15) is 29.2 Å². The molecule has 1 fully saturated rings. The van der Waals surface area contributed by atoms with Crippen LogP contribution in [-0.4, -0.2) is 75.6 Å². The Kier molecular flexibility index (Phi) is 12.6. The number of methoxy groups -OCH3 is 1. The van der Waals surface area contributed by atoms with E-state index in [2.05, 4.69) is 15.5 Å². The highest BCUT2D eigenvalue weighted by Crippen LogP contribution is 2.37. The molecule has 268 valence electrons. The first-order valence-corrected chi connectivity index (χ1v) is 18.6. The van der Waals surface area contributed by atoms with E-state index < -0.39 is 52.0 Å². The Morgan fingerprint density at radius 3 is 2.06 bits per heavy atom. The van der Waals surface area contributed by atoms with Crippen molar-refractivity contribution >= 4 is 56.6 Å². The average Bonchev–Trinajstić information content (AvgIpc) is 3.08. The molecule has 0 spiro atoms. The third-order valence-corrected chi connectivity index (χ3v) is 10.9. The lowest BCUT2D eigenvalue weighted by atomic mass is 9.93. The topological polar surface area (TPSA) is 151 Å². The number of carbonyl (C=O) groups excluding carboxylic acids is 3. The summed E-state index contributed by atoms with van der Waals surface area (Å²) in [5.74, 6) is -2.08. The van der Waals surface area contributed by atoms with Gasteiger partial charge >= 0.3 is 0 Å². The summed E-state index contributed by atoms with van der Waals surface area (Å²) in [7, 11) is -2.49. The predicted octanol–water partition coefficient (Wildman–Crippen LogP) is 4.33. The Hall–Kier alpha value is -4.62. The number of hydrogen-bond donors (Lipinski definition) is 3. The molecule has 4 N–H and O–H groups in total. The summed E-state index contributed by atoms with van der Waals surface area (Å²) in [6.07, 6.45) is -0.437. The predicted molar refractivity (Wildman–Crippen MR) is 198 cm³/mol. The van der Waals surface area contributed by atoms with Crippen LogP contribution in [0.2, 0.25) is 10.0 Å². The van der Waals surface area contributed by atoms with Crippen LogP contribution >= 0.6 is 23.2 Å². The van der Waals surface area contributed by atoms with Crippen LogP contribution in [-0.2, 0) is 30.8 Å². The summed E-state index contributed by atoms with van der Waals surface area (Å²) in [5.41, 5.74) is 8.67. The van der Waals surface area contributed by atoms with Crippen molar-refractivity contribution < 1.29 is 27.5 Å². The number of anilines is 1. The van der Waals surface area contributed by atoms with Gasteiger partial charge in [0.15, 0.2) is 0 Å². The average molecular weight is 753 g/mol. The quantitative estimate of drug-likeness (QED) is 0.144. The maximum absolute atomic E-state index is 14.0. The molecule has 0 aliphatic carbocycles. The lowest BCUT2D eigenvalue weighted by molar-refractivity contribution is -0.132. The molecule has 1 aliphatic heterocycles. The highest BCUT2D eigenvalue weighted by Gasteiger charge is 2.42. The fourth-order valence-electron chi connectivity index (χ4n) is 6.04. The number of benzene rings is 4. The van der Waals surface area contributed by atoms with Crippen molar-refractivity contribution in [2.45, 2.75) is 31.0 Å². The molecule has 1 aliphatic rings. The summed E-state index contributed by atoms with van der Waals surface area (Å²) in [6.45, 7) is 0.568. The van der Waals surface area contributed by atoms with Gasteiger partial charge in [-0.1, -0.05) is 83.9 Å². The fraction of sp³-hybridized carbons (Fsp3) is 0.270. The number of carbonyl (C=O) groups is 3. The Bertz CT molecular complexity index is 1880. The van der Waals surface area contributed by atoms with Crippen molar-refractivity contribution in [2.24, 2.45) is 5.73 Å². The highest BCUT2D eigenvalue weighted by molar-refractivity contribution is 7.92. The first kappa shape index (κ1) is 37.6. The first-order chi connectivity index (χ1) is 24.4. The van der Waals surface area contributed by atoms with Crippen molar-refractivity contribution in [1.29, 1.82) is 0 Å². The van der Waals surface area contributed by atoms with E-state index in [0.717, 1.165) is 16.7 Å². The van der Waals surface area contributed by atoms with Crippen LogP contribution in [0.4, 0.5) is 5.69 Å².